The van der Waals surface area contributed by atoms with Crippen molar-refractivity contribution in [3.8, 4) is 11.3 Å². The Hall–Kier alpha value is -2.43. The van der Waals surface area contributed by atoms with Crippen molar-refractivity contribution in [2.24, 2.45) is 0 Å². The van der Waals surface area contributed by atoms with Crippen molar-refractivity contribution >= 4 is 28.4 Å². The Morgan fingerprint density at radius 3 is 2.73 bits per heavy atom. The van der Waals surface area contributed by atoms with E-state index in [1.807, 2.05) is 54.6 Å². The van der Waals surface area contributed by atoms with Gasteiger partial charge in [-0.1, -0.05) is 41.9 Å². The largest absolute Gasteiger partial charge is 0.379 e. The Bertz CT molecular complexity index is 934. The molecule has 0 spiro atoms. The van der Waals surface area contributed by atoms with Crippen LogP contribution in [0.5, 0.6) is 0 Å². The van der Waals surface area contributed by atoms with E-state index in [9.17, 15) is 4.79 Å². The smallest absolute Gasteiger partial charge is 0.252 e. The minimum absolute atomic E-state index is 0.0576. The number of carbonyl (C=O) groups is 1. The SMILES string of the molecule is O=C(NC1CCCOC1)c1cc(-c2ccc(Cl)cc2)nc2ccccc12. The Kier molecular flexibility index (Phi) is 4.87. The molecule has 0 aliphatic carbocycles. The quantitative estimate of drug-likeness (QED) is 0.744. The fourth-order valence-corrected chi connectivity index (χ4v) is 3.38. The number of amides is 1. The maximum atomic E-state index is 12.9. The molecule has 1 aliphatic rings. The topological polar surface area (TPSA) is 51.2 Å². The second-order valence-corrected chi connectivity index (χ2v) is 6.90. The summed E-state index contributed by atoms with van der Waals surface area (Å²) >= 11 is 5.99. The minimum atomic E-state index is -0.0886. The lowest BCUT2D eigenvalue weighted by Crippen LogP contribution is -2.40. The number of nitrogens with one attached hydrogen (secondary N) is 1. The van der Waals surface area contributed by atoms with Gasteiger partial charge in [-0.3, -0.25) is 4.79 Å². The Morgan fingerprint density at radius 1 is 1.15 bits per heavy atom. The van der Waals surface area contributed by atoms with Gasteiger partial charge in [-0.2, -0.15) is 0 Å². The number of carbonyl (C=O) groups excluding carboxylic acids is 1. The van der Waals surface area contributed by atoms with E-state index in [-0.39, 0.29) is 11.9 Å². The van der Waals surface area contributed by atoms with Gasteiger partial charge in [0.25, 0.3) is 5.91 Å². The van der Waals surface area contributed by atoms with E-state index >= 15 is 0 Å². The molecule has 1 N–H and O–H groups in total. The number of ether oxygens (including phenoxy) is 1. The van der Waals surface area contributed by atoms with Crippen LogP contribution in [-0.2, 0) is 4.74 Å². The number of hydrogen-bond acceptors (Lipinski definition) is 3. The molecule has 4 rings (SSSR count). The zero-order chi connectivity index (χ0) is 17.9. The van der Waals surface area contributed by atoms with E-state index in [1.165, 1.54) is 0 Å². The number of fused-ring (bicyclic) bond motifs is 1. The Balaban J connectivity index is 1.74. The lowest BCUT2D eigenvalue weighted by Gasteiger charge is -2.23. The minimum Gasteiger partial charge on any atom is -0.379 e. The van der Waals surface area contributed by atoms with Gasteiger partial charge in [-0.05, 0) is 37.1 Å². The van der Waals surface area contributed by atoms with Crippen LogP contribution in [0.25, 0.3) is 22.2 Å². The van der Waals surface area contributed by atoms with Crippen LogP contribution in [0.1, 0.15) is 23.2 Å². The van der Waals surface area contributed by atoms with E-state index in [4.69, 9.17) is 21.3 Å². The van der Waals surface area contributed by atoms with Crippen LogP contribution in [0, 0.1) is 0 Å². The Labute approximate surface area is 157 Å². The molecule has 1 amide bonds. The third kappa shape index (κ3) is 3.57. The first kappa shape index (κ1) is 17.0. The van der Waals surface area contributed by atoms with Crippen molar-refractivity contribution in [1.82, 2.24) is 10.3 Å². The molecule has 2 aromatic carbocycles. The number of pyridine rings is 1. The molecule has 0 saturated carbocycles. The van der Waals surface area contributed by atoms with Crippen molar-refractivity contribution in [3.05, 3.63) is 65.2 Å². The summed E-state index contributed by atoms with van der Waals surface area (Å²) in [7, 11) is 0. The second-order valence-electron chi connectivity index (χ2n) is 6.47. The van der Waals surface area contributed by atoms with Gasteiger partial charge >= 0.3 is 0 Å². The highest BCUT2D eigenvalue weighted by Crippen LogP contribution is 2.26. The van der Waals surface area contributed by atoms with Gasteiger partial charge < -0.3 is 10.1 Å². The number of hydrogen-bond donors (Lipinski definition) is 1. The first-order chi connectivity index (χ1) is 12.7. The third-order valence-electron chi connectivity index (χ3n) is 4.60. The molecule has 1 saturated heterocycles. The summed E-state index contributed by atoms with van der Waals surface area (Å²) < 4.78 is 5.47. The van der Waals surface area contributed by atoms with Gasteiger partial charge in [0.1, 0.15) is 0 Å². The van der Waals surface area contributed by atoms with Crippen molar-refractivity contribution < 1.29 is 9.53 Å². The summed E-state index contributed by atoms with van der Waals surface area (Å²) in [6, 6.07) is 17.1. The van der Waals surface area contributed by atoms with Gasteiger partial charge in [-0.25, -0.2) is 4.98 Å². The first-order valence-corrected chi connectivity index (χ1v) is 9.13. The van der Waals surface area contributed by atoms with E-state index in [2.05, 4.69) is 5.32 Å². The summed E-state index contributed by atoms with van der Waals surface area (Å²) in [6.07, 6.45) is 1.91. The summed E-state index contributed by atoms with van der Waals surface area (Å²) in [5, 5.41) is 4.62. The van der Waals surface area contributed by atoms with Crippen molar-refractivity contribution in [2.75, 3.05) is 13.2 Å². The number of nitrogens with zero attached hydrogens (tertiary/aromatic N) is 1. The molecule has 132 valence electrons. The molecular formula is C21H19ClN2O2. The predicted molar refractivity (Wildman–Crippen MR) is 103 cm³/mol. The molecule has 1 atom stereocenters. The van der Waals surface area contributed by atoms with Crippen LogP contribution < -0.4 is 5.32 Å². The molecule has 0 bridgehead atoms. The standard InChI is InChI=1S/C21H19ClN2O2/c22-15-9-7-14(8-10-15)20-12-18(17-5-1-2-6-19(17)24-20)21(25)23-16-4-3-11-26-13-16/h1-2,5-10,12,16H,3-4,11,13H2,(H,23,25). The summed E-state index contributed by atoms with van der Waals surface area (Å²) in [5.74, 6) is -0.0886. The van der Waals surface area contributed by atoms with E-state index < -0.39 is 0 Å². The predicted octanol–water partition coefficient (Wildman–Crippen LogP) is 4.46. The monoisotopic (exact) mass is 366 g/mol. The average Bonchev–Trinajstić information content (AvgIpc) is 2.68. The summed E-state index contributed by atoms with van der Waals surface area (Å²) in [4.78, 5) is 17.7. The van der Waals surface area contributed by atoms with E-state index in [1.54, 1.807) is 0 Å². The van der Waals surface area contributed by atoms with Crippen LogP contribution in [0.15, 0.2) is 54.6 Å². The average molecular weight is 367 g/mol. The molecule has 5 heteroatoms. The van der Waals surface area contributed by atoms with Crippen LogP contribution in [0.2, 0.25) is 5.02 Å². The molecule has 1 fully saturated rings. The second kappa shape index (κ2) is 7.44. The van der Waals surface area contributed by atoms with Crippen LogP contribution >= 0.6 is 11.6 Å². The van der Waals surface area contributed by atoms with Gasteiger partial charge in [0.2, 0.25) is 0 Å². The zero-order valence-electron chi connectivity index (χ0n) is 14.2. The molecule has 3 aromatic rings. The van der Waals surface area contributed by atoms with Crippen LogP contribution in [0.4, 0.5) is 0 Å². The fourth-order valence-electron chi connectivity index (χ4n) is 3.25. The van der Waals surface area contributed by atoms with Crippen LogP contribution in [0.3, 0.4) is 0 Å². The molecule has 2 heterocycles. The molecule has 4 nitrogen and oxygen atoms in total. The maximum Gasteiger partial charge on any atom is 0.252 e. The molecular weight excluding hydrogens is 348 g/mol. The van der Waals surface area contributed by atoms with Gasteiger partial charge in [0.15, 0.2) is 0 Å². The van der Waals surface area contributed by atoms with Crippen molar-refractivity contribution in [3.63, 3.8) is 0 Å². The molecule has 0 radical (unpaired) electrons. The number of aromatic nitrogens is 1. The highest BCUT2D eigenvalue weighted by atomic mass is 35.5. The Morgan fingerprint density at radius 2 is 1.96 bits per heavy atom. The lowest BCUT2D eigenvalue weighted by molar-refractivity contribution is 0.0625. The normalized spacial score (nSPS) is 17.2. The first-order valence-electron chi connectivity index (χ1n) is 8.75. The van der Waals surface area contributed by atoms with E-state index in [0.717, 1.165) is 41.6 Å². The molecule has 1 unspecified atom stereocenters. The highest BCUT2D eigenvalue weighted by molar-refractivity contribution is 6.30. The number of para-hydroxylation sites is 1. The molecule has 1 aliphatic heterocycles. The van der Waals surface area contributed by atoms with Gasteiger partial charge in [0, 0.05) is 22.6 Å². The number of halogens is 1. The third-order valence-corrected chi connectivity index (χ3v) is 4.85. The number of rotatable bonds is 3. The maximum absolute atomic E-state index is 12.9. The number of benzene rings is 2. The molecule has 1 aromatic heterocycles. The van der Waals surface area contributed by atoms with Gasteiger partial charge in [-0.15, -0.1) is 0 Å². The summed E-state index contributed by atoms with van der Waals surface area (Å²) in [6.45, 7) is 1.34. The zero-order valence-corrected chi connectivity index (χ0v) is 15.0. The van der Waals surface area contributed by atoms with E-state index in [0.29, 0.717) is 17.2 Å². The summed E-state index contributed by atoms with van der Waals surface area (Å²) in [5.41, 5.74) is 3.11. The fraction of sp³-hybridized carbons (Fsp3) is 0.238. The van der Waals surface area contributed by atoms with Crippen molar-refractivity contribution in [2.45, 2.75) is 18.9 Å². The van der Waals surface area contributed by atoms with Crippen LogP contribution in [-0.4, -0.2) is 30.1 Å². The van der Waals surface area contributed by atoms with Gasteiger partial charge in [0.05, 0.1) is 29.4 Å². The van der Waals surface area contributed by atoms with Crippen molar-refractivity contribution in [1.29, 1.82) is 0 Å². The lowest BCUT2D eigenvalue weighted by atomic mass is 10.0. The highest BCUT2D eigenvalue weighted by Gasteiger charge is 2.19. The molecule has 26 heavy (non-hydrogen) atoms.